The molecule has 550 valence electrons. The minimum Gasteiger partial charge on any atom is -0.493 e. The first-order valence-electron chi connectivity index (χ1n) is 33.6. The van der Waals surface area contributed by atoms with Gasteiger partial charge in [-0.2, -0.15) is 0 Å². The quantitative estimate of drug-likeness (QED) is 0.0398. The number of allylic oxidation sites excluding steroid dienone is 1. The van der Waals surface area contributed by atoms with E-state index in [1.807, 2.05) is 20.8 Å². The highest BCUT2D eigenvalue weighted by molar-refractivity contribution is 5.90. The molecule has 0 aromatic heterocycles. The summed E-state index contributed by atoms with van der Waals surface area (Å²) in [6, 6.07) is 4.24. The van der Waals surface area contributed by atoms with Crippen LogP contribution in [0.25, 0.3) is 0 Å². The first-order chi connectivity index (χ1) is 45.9. The zero-order chi connectivity index (χ0) is 70.5. The second-order valence-electron chi connectivity index (χ2n) is 28.5. The molecule has 1 unspecified atom stereocenters. The number of hydrogen-bond donors (Lipinski definition) is 14. The monoisotopic (exact) mass is 1390 g/mol. The summed E-state index contributed by atoms with van der Waals surface area (Å²) in [5.74, 6) is -2.49. The lowest BCUT2D eigenvalue weighted by molar-refractivity contribution is -0.365. The molecule has 14 N–H and O–H groups in total. The van der Waals surface area contributed by atoms with E-state index in [-0.39, 0.29) is 53.6 Å². The number of methoxy groups -OCH3 is 2. The Labute approximate surface area is 561 Å². The largest absolute Gasteiger partial charge is 0.493 e. The van der Waals surface area contributed by atoms with Crippen LogP contribution in [-0.2, 0) is 66.4 Å². The molecule has 5 heterocycles. The van der Waals surface area contributed by atoms with Crippen molar-refractivity contribution < 1.29 is 152 Å². The van der Waals surface area contributed by atoms with Crippen LogP contribution in [0.3, 0.4) is 0 Å². The number of aliphatic hydroxyl groups excluding tert-OH is 13. The summed E-state index contributed by atoms with van der Waals surface area (Å²) in [6.45, 7) is 7.85. The van der Waals surface area contributed by atoms with Crippen molar-refractivity contribution in [1.29, 1.82) is 0 Å². The van der Waals surface area contributed by atoms with E-state index in [1.54, 1.807) is 6.92 Å². The maximum atomic E-state index is 14.5. The average molecular weight is 1390 g/mol. The summed E-state index contributed by atoms with van der Waals surface area (Å²) in [5.41, 5.74) is -2.12. The zero-order valence-electron chi connectivity index (χ0n) is 55.7. The summed E-state index contributed by atoms with van der Waals surface area (Å²) < 4.78 is 82.2. The van der Waals surface area contributed by atoms with E-state index in [2.05, 4.69) is 13.0 Å². The predicted molar refractivity (Wildman–Crippen MR) is 326 cm³/mol. The summed E-state index contributed by atoms with van der Waals surface area (Å²) in [7, 11) is 2.80. The number of carbonyl (C=O) groups is 3. The Morgan fingerprint density at radius 3 is 1.88 bits per heavy atom. The van der Waals surface area contributed by atoms with E-state index in [0.29, 0.717) is 50.7 Å². The Morgan fingerprint density at radius 2 is 1.23 bits per heavy atom. The lowest BCUT2D eigenvalue weighted by Crippen LogP contribution is -2.65. The summed E-state index contributed by atoms with van der Waals surface area (Å²) in [6.07, 6.45) is -33.8. The van der Waals surface area contributed by atoms with Crippen LogP contribution in [0, 0.1) is 40.4 Å². The van der Waals surface area contributed by atoms with Gasteiger partial charge in [-0.1, -0.05) is 46.3 Å². The molecule has 0 radical (unpaired) electrons. The summed E-state index contributed by atoms with van der Waals surface area (Å²) in [4.78, 5) is 41.0. The van der Waals surface area contributed by atoms with Gasteiger partial charge in [-0.15, -0.1) is 0 Å². The van der Waals surface area contributed by atoms with E-state index in [9.17, 15) is 85.9 Å². The molecule has 97 heavy (non-hydrogen) atoms. The Hall–Kier alpha value is -3.79. The van der Waals surface area contributed by atoms with Gasteiger partial charge in [0.25, 0.3) is 0 Å². The Morgan fingerprint density at radius 1 is 0.619 bits per heavy atom. The molecule has 0 bridgehead atoms. The molecule has 8 fully saturated rings. The summed E-state index contributed by atoms with van der Waals surface area (Å²) >= 11 is 0. The number of esters is 2. The number of aliphatic hydroxyl groups is 14. The lowest BCUT2D eigenvalue weighted by atomic mass is 9.46. The minimum atomic E-state index is -1.92. The van der Waals surface area contributed by atoms with Crippen LogP contribution in [0.5, 0.6) is 11.5 Å². The molecule has 0 amide bonds. The second kappa shape index (κ2) is 31.0. The Balaban J connectivity index is 0.819. The van der Waals surface area contributed by atoms with Crippen molar-refractivity contribution in [1.82, 2.24) is 0 Å². The number of Topliss-reactive ketones (excluding diaryl/α,β-unsaturated/α-hetero) is 1. The molecular formula is C66H100O31. The number of fused-ring (bicyclic) bond motifs is 5. The molecule has 31 nitrogen and oxygen atoms in total. The molecule has 1 aromatic carbocycles. The second-order valence-corrected chi connectivity index (χ2v) is 28.5. The van der Waals surface area contributed by atoms with Crippen molar-refractivity contribution in [2.75, 3.05) is 47.3 Å². The van der Waals surface area contributed by atoms with Gasteiger partial charge in [0.15, 0.2) is 55.2 Å². The fourth-order valence-corrected chi connectivity index (χ4v) is 16.7. The number of carbonyl (C=O) groups excluding carboxylic acids is 3. The van der Waals surface area contributed by atoms with E-state index >= 15 is 0 Å². The molecule has 5 aliphatic heterocycles. The van der Waals surface area contributed by atoms with Crippen molar-refractivity contribution in [2.45, 2.75) is 258 Å². The van der Waals surface area contributed by atoms with Gasteiger partial charge in [-0.25, -0.2) is 4.79 Å². The van der Waals surface area contributed by atoms with Crippen LogP contribution in [0.15, 0.2) is 29.8 Å². The maximum Gasteiger partial charge on any atom is 0.338 e. The standard InChI is InChI=1S/C66H100O31/c1-27(2)9-13-36(70)28(3)66(83)44(94-63-57(89-29(4)69)55(38(72)25-87-63)96-60-53(81)54(37(71)24-86-60)95-58(82)30-10-14-39(84-7)40(19-30)85-8)21-35-33-12-11-31-20-32(15-17-64(31,5)34(33)16-18-65(35,66)6)90-61-50(78)48(76)46(74)43(93-61)26-88-59-52(80)49(77)56(42(23-68)92-59)97-62-51(79)47(75)45(73)41(22-67)91-62/h10-11,14,19,27-28,32-35,37-38,41-57,59-63,67-68,71-81,83H,9,12-13,15-18,20-26H2,1-8H3/t28-,32-,33+,34-,35-,37+,38-,41+,42+,43+,44-,45+,46+,47-,48-,49+,50?,51+,52+,53+,54-,55-,56+,57+,59+,60-,61+,62-,63-,64-,65-,66+/m0/s1. The molecule has 0 spiro atoms. The van der Waals surface area contributed by atoms with Crippen LogP contribution in [0.2, 0.25) is 0 Å². The highest BCUT2D eigenvalue weighted by atomic mass is 16.8. The van der Waals surface area contributed by atoms with Gasteiger partial charge in [0.2, 0.25) is 0 Å². The van der Waals surface area contributed by atoms with E-state index in [4.69, 9.17) is 66.3 Å². The number of benzene rings is 1. The fraction of sp³-hybridized carbons (Fsp3) is 0.833. The highest BCUT2D eigenvalue weighted by Crippen LogP contribution is 2.69. The first kappa shape index (κ1) is 75.9. The van der Waals surface area contributed by atoms with Gasteiger partial charge in [-0.3, -0.25) is 9.59 Å². The third-order valence-electron chi connectivity index (χ3n) is 22.4. The molecular weight excluding hydrogens is 1290 g/mol. The number of ether oxygens (including phenoxy) is 14. The van der Waals surface area contributed by atoms with Crippen molar-refractivity contribution >= 4 is 17.7 Å². The minimum absolute atomic E-state index is 0.00279. The van der Waals surface area contributed by atoms with Crippen LogP contribution in [0.1, 0.15) is 110 Å². The van der Waals surface area contributed by atoms with Gasteiger partial charge in [0, 0.05) is 24.7 Å². The molecule has 5 saturated heterocycles. The van der Waals surface area contributed by atoms with Crippen LogP contribution >= 0.6 is 0 Å². The van der Waals surface area contributed by atoms with Crippen LogP contribution in [-0.4, -0.2) is 296 Å². The van der Waals surface area contributed by atoms with Crippen molar-refractivity contribution in [3.63, 3.8) is 0 Å². The van der Waals surface area contributed by atoms with E-state index in [0.717, 1.165) is 12.5 Å². The fourth-order valence-electron chi connectivity index (χ4n) is 16.7. The topological polar surface area (TPSA) is 464 Å². The molecule has 10 rings (SSSR count). The van der Waals surface area contributed by atoms with Crippen LogP contribution in [0.4, 0.5) is 0 Å². The van der Waals surface area contributed by atoms with Gasteiger partial charge in [-0.05, 0) is 98.7 Å². The normalized spacial score (nSPS) is 45.6. The molecule has 3 saturated carbocycles. The van der Waals surface area contributed by atoms with Gasteiger partial charge >= 0.3 is 11.9 Å². The molecule has 1 aromatic rings. The van der Waals surface area contributed by atoms with Crippen LogP contribution < -0.4 is 9.47 Å². The SMILES string of the molecule is COc1ccc(C(=O)O[C@@H]2[C@@H](O)[C@H](O[C@@H]3[C@@H](OC(C)=O)[C@H](O[C@H]4C[C@H]5[C@@H]6CC=C7C[C@@H](O[C@@H]8O[C@H](CO[C@@H]9O[C@H](CO)[C@@H](O[C@@H]%10O[C@H](CO)[C@@H](O)[C@H](O)[C@H]%10O)[C@H](O)[C@H]9O)[C@@H](O)[C@H](O)C8O)CC[C@]7(C)[C@H]6CC[C@]5(C)[C@@]4(O)[C@@H](C)C(=O)CCC(C)C)OC[C@@H]3O)OC[C@H]2O)cc1OC. The average Bonchev–Trinajstić information content (AvgIpc) is 1.57. The summed E-state index contributed by atoms with van der Waals surface area (Å²) in [5, 5.41) is 155. The van der Waals surface area contributed by atoms with Gasteiger partial charge in [0.05, 0.1) is 65.0 Å². The third-order valence-corrected chi connectivity index (χ3v) is 22.4. The third kappa shape index (κ3) is 14.8. The zero-order valence-corrected chi connectivity index (χ0v) is 55.7. The maximum absolute atomic E-state index is 14.5. The van der Waals surface area contributed by atoms with E-state index in [1.165, 1.54) is 32.4 Å². The Bertz CT molecular complexity index is 2860. The highest BCUT2D eigenvalue weighted by Gasteiger charge is 2.71. The first-order valence-corrected chi connectivity index (χ1v) is 33.6. The van der Waals surface area contributed by atoms with Crippen molar-refractivity contribution in [3.05, 3.63) is 35.4 Å². The van der Waals surface area contributed by atoms with Crippen molar-refractivity contribution in [3.8, 4) is 11.5 Å². The molecule has 4 aliphatic carbocycles. The molecule has 9 aliphatic rings. The van der Waals surface area contributed by atoms with Gasteiger partial charge < -0.3 is 138 Å². The number of ketones is 1. The molecule has 31 heteroatoms. The lowest BCUT2D eigenvalue weighted by Gasteiger charge is -2.59. The number of hydrogen-bond acceptors (Lipinski definition) is 31. The van der Waals surface area contributed by atoms with E-state index < -0.39 is 221 Å². The smallest absolute Gasteiger partial charge is 0.338 e. The Kier molecular flexibility index (Phi) is 24.3. The number of rotatable bonds is 23. The van der Waals surface area contributed by atoms with Gasteiger partial charge in [0.1, 0.15) is 109 Å². The van der Waals surface area contributed by atoms with Crippen molar-refractivity contribution in [2.24, 2.45) is 40.4 Å². The predicted octanol–water partition coefficient (Wildman–Crippen LogP) is -2.49. The molecule has 32 atom stereocenters.